The van der Waals surface area contributed by atoms with Crippen molar-refractivity contribution in [2.24, 2.45) is 5.92 Å². The van der Waals surface area contributed by atoms with Crippen LogP contribution in [0.2, 0.25) is 0 Å². The van der Waals surface area contributed by atoms with Crippen molar-refractivity contribution in [2.45, 2.75) is 32.7 Å². The molecule has 1 aromatic heterocycles. The molecule has 4 nitrogen and oxygen atoms in total. The molecule has 1 aliphatic rings. The van der Waals surface area contributed by atoms with Crippen molar-refractivity contribution in [1.82, 2.24) is 15.2 Å². The van der Waals surface area contributed by atoms with E-state index in [0.29, 0.717) is 0 Å². The molecule has 1 atom stereocenters. The van der Waals surface area contributed by atoms with Crippen molar-refractivity contribution in [2.75, 3.05) is 33.3 Å². The Kier molecular flexibility index (Phi) is 6.27. The number of aromatic nitrogens is 1. The lowest BCUT2D eigenvalue weighted by Gasteiger charge is -2.30. The van der Waals surface area contributed by atoms with E-state index in [1.807, 2.05) is 6.07 Å². The molecule has 2 rings (SSSR count). The van der Waals surface area contributed by atoms with Crippen LogP contribution in [0.3, 0.4) is 0 Å². The van der Waals surface area contributed by atoms with Gasteiger partial charge in [0.1, 0.15) is 0 Å². The molecule has 1 aliphatic heterocycles. The molecule has 1 aromatic rings. The van der Waals surface area contributed by atoms with E-state index >= 15 is 0 Å². The first-order chi connectivity index (χ1) is 9.83. The molecule has 0 saturated carbocycles. The van der Waals surface area contributed by atoms with E-state index in [2.05, 4.69) is 28.2 Å². The number of ether oxygens (including phenoxy) is 1. The maximum absolute atomic E-state index is 5.36. The van der Waals surface area contributed by atoms with Crippen LogP contribution >= 0.6 is 0 Å². The number of piperidine rings is 1. The predicted molar refractivity (Wildman–Crippen MR) is 82.0 cm³/mol. The van der Waals surface area contributed by atoms with Gasteiger partial charge in [-0.3, -0.25) is 4.90 Å². The highest BCUT2D eigenvalue weighted by atomic mass is 16.5. The normalized spacial score (nSPS) is 19.2. The molecule has 0 amide bonds. The van der Waals surface area contributed by atoms with Gasteiger partial charge < -0.3 is 10.1 Å². The van der Waals surface area contributed by atoms with Crippen molar-refractivity contribution >= 4 is 0 Å². The molecule has 1 unspecified atom stereocenters. The molecule has 0 bridgehead atoms. The molecule has 1 saturated heterocycles. The quantitative estimate of drug-likeness (QED) is 0.830. The van der Waals surface area contributed by atoms with Gasteiger partial charge in [-0.1, -0.05) is 13.0 Å². The van der Waals surface area contributed by atoms with Gasteiger partial charge in [-0.2, -0.15) is 0 Å². The summed E-state index contributed by atoms with van der Waals surface area (Å²) in [7, 11) is 1.70. The highest BCUT2D eigenvalue weighted by molar-refractivity contribution is 5.25. The molecule has 2 heterocycles. The molecule has 112 valence electrons. The Bertz CT molecular complexity index is 391. The average Bonchev–Trinajstić information content (AvgIpc) is 2.49. The second-order valence-corrected chi connectivity index (χ2v) is 5.62. The van der Waals surface area contributed by atoms with E-state index in [-0.39, 0.29) is 0 Å². The number of nitrogens with one attached hydrogen (secondary N) is 1. The summed E-state index contributed by atoms with van der Waals surface area (Å²) in [5, 5.41) is 3.51. The zero-order valence-electron chi connectivity index (χ0n) is 12.8. The van der Waals surface area contributed by atoms with Crippen molar-refractivity contribution in [3.63, 3.8) is 0 Å². The van der Waals surface area contributed by atoms with E-state index in [9.17, 15) is 0 Å². The minimum absolute atomic E-state index is 0.760. The summed E-state index contributed by atoms with van der Waals surface area (Å²) < 4.78 is 5.36. The van der Waals surface area contributed by atoms with Crippen molar-refractivity contribution in [1.29, 1.82) is 0 Å². The number of pyridine rings is 1. The van der Waals surface area contributed by atoms with E-state index in [1.165, 1.54) is 37.9 Å². The Labute approximate surface area is 122 Å². The summed E-state index contributed by atoms with van der Waals surface area (Å²) in [4.78, 5) is 6.83. The topological polar surface area (TPSA) is 37.4 Å². The second-order valence-electron chi connectivity index (χ2n) is 5.62. The molecular formula is C16H27N3O. The summed E-state index contributed by atoms with van der Waals surface area (Å²) in [6.07, 6.45) is 5.62. The highest BCUT2D eigenvalue weighted by Gasteiger charge is 2.18. The largest absolute Gasteiger partial charge is 0.481 e. The first-order valence-electron chi connectivity index (χ1n) is 7.74. The molecular weight excluding hydrogens is 250 g/mol. The Morgan fingerprint density at radius 3 is 3.10 bits per heavy atom. The standard InChI is InChI=1S/C16H27N3O/c1-3-10-19(12-14-6-4-8-17-11-14)13-15-7-5-9-18-16(15)20-2/h5,7,9,14,17H,3-4,6,8,10-13H2,1-2H3. The van der Waals surface area contributed by atoms with Crippen LogP contribution in [0.1, 0.15) is 31.7 Å². The molecule has 20 heavy (non-hydrogen) atoms. The molecule has 0 aliphatic carbocycles. The highest BCUT2D eigenvalue weighted by Crippen LogP contribution is 2.19. The third kappa shape index (κ3) is 4.46. The average molecular weight is 277 g/mol. The van der Waals surface area contributed by atoms with Crippen molar-refractivity contribution in [3.8, 4) is 5.88 Å². The Morgan fingerprint density at radius 1 is 1.50 bits per heavy atom. The Hall–Kier alpha value is -1.13. The molecule has 1 fully saturated rings. The number of rotatable bonds is 7. The van der Waals surface area contributed by atoms with Crippen LogP contribution in [0.5, 0.6) is 5.88 Å². The van der Waals surface area contributed by atoms with E-state index in [1.54, 1.807) is 13.3 Å². The van der Waals surface area contributed by atoms with Crippen LogP contribution in [0.15, 0.2) is 18.3 Å². The van der Waals surface area contributed by atoms with Crippen LogP contribution in [-0.2, 0) is 6.54 Å². The smallest absolute Gasteiger partial charge is 0.217 e. The van der Waals surface area contributed by atoms with Crippen LogP contribution in [0.4, 0.5) is 0 Å². The minimum Gasteiger partial charge on any atom is -0.481 e. The molecule has 0 aromatic carbocycles. The van der Waals surface area contributed by atoms with Gasteiger partial charge >= 0.3 is 0 Å². The monoisotopic (exact) mass is 277 g/mol. The second kappa shape index (κ2) is 8.22. The summed E-state index contributed by atoms with van der Waals surface area (Å²) in [6, 6.07) is 4.11. The third-order valence-electron chi connectivity index (χ3n) is 3.89. The fraction of sp³-hybridized carbons (Fsp3) is 0.688. The zero-order chi connectivity index (χ0) is 14.2. The van der Waals surface area contributed by atoms with E-state index < -0.39 is 0 Å². The van der Waals surface area contributed by atoms with E-state index in [4.69, 9.17) is 4.74 Å². The number of methoxy groups -OCH3 is 1. The number of nitrogens with zero attached hydrogens (tertiary/aromatic N) is 2. The maximum Gasteiger partial charge on any atom is 0.217 e. The van der Waals surface area contributed by atoms with Gasteiger partial charge in [0.2, 0.25) is 5.88 Å². The lowest BCUT2D eigenvalue weighted by Crippen LogP contribution is -2.38. The minimum atomic E-state index is 0.760. The number of hydrogen-bond donors (Lipinski definition) is 1. The Balaban J connectivity index is 1.96. The molecule has 0 spiro atoms. The summed E-state index contributed by atoms with van der Waals surface area (Å²) in [5.41, 5.74) is 1.19. The summed E-state index contributed by atoms with van der Waals surface area (Å²) >= 11 is 0. The zero-order valence-corrected chi connectivity index (χ0v) is 12.8. The fourth-order valence-electron chi connectivity index (χ4n) is 2.97. The van der Waals surface area contributed by atoms with Crippen LogP contribution in [0.25, 0.3) is 0 Å². The molecule has 1 N–H and O–H groups in total. The van der Waals surface area contributed by atoms with E-state index in [0.717, 1.165) is 31.4 Å². The fourth-order valence-corrected chi connectivity index (χ4v) is 2.97. The first kappa shape index (κ1) is 15.3. The lowest BCUT2D eigenvalue weighted by molar-refractivity contribution is 0.199. The first-order valence-corrected chi connectivity index (χ1v) is 7.74. The van der Waals surface area contributed by atoms with Crippen molar-refractivity contribution in [3.05, 3.63) is 23.9 Å². The number of hydrogen-bond acceptors (Lipinski definition) is 4. The maximum atomic E-state index is 5.36. The van der Waals surface area contributed by atoms with Gasteiger partial charge in [-0.25, -0.2) is 4.98 Å². The van der Waals surface area contributed by atoms with Crippen LogP contribution in [0, 0.1) is 5.92 Å². The SMILES string of the molecule is CCCN(Cc1cccnc1OC)CC1CCCNC1. The Morgan fingerprint density at radius 2 is 2.40 bits per heavy atom. The summed E-state index contributed by atoms with van der Waals surface area (Å²) in [5.74, 6) is 1.54. The van der Waals surface area contributed by atoms with Gasteiger partial charge in [0, 0.05) is 24.8 Å². The summed E-state index contributed by atoms with van der Waals surface area (Å²) in [6.45, 7) is 7.81. The predicted octanol–water partition coefficient (Wildman–Crippen LogP) is 2.30. The molecule has 4 heteroatoms. The van der Waals surface area contributed by atoms with Gasteiger partial charge in [0.25, 0.3) is 0 Å². The van der Waals surface area contributed by atoms with Gasteiger partial charge in [0.15, 0.2) is 0 Å². The van der Waals surface area contributed by atoms with Crippen molar-refractivity contribution < 1.29 is 4.74 Å². The molecule has 0 radical (unpaired) electrons. The lowest BCUT2D eigenvalue weighted by atomic mass is 9.99. The van der Waals surface area contributed by atoms with Crippen LogP contribution < -0.4 is 10.1 Å². The van der Waals surface area contributed by atoms with Gasteiger partial charge in [0.05, 0.1) is 7.11 Å². The van der Waals surface area contributed by atoms with Gasteiger partial charge in [-0.15, -0.1) is 0 Å². The van der Waals surface area contributed by atoms with Crippen LogP contribution in [-0.4, -0.2) is 43.2 Å². The van der Waals surface area contributed by atoms with Gasteiger partial charge in [-0.05, 0) is 50.9 Å². The third-order valence-corrected chi connectivity index (χ3v) is 3.89.